The van der Waals surface area contributed by atoms with Crippen LogP contribution in [0.15, 0.2) is 18.6 Å². The predicted octanol–water partition coefficient (Wildman–Crippen LogP) is -1.11. The number of rotatable bonds is 6. The summed E-state index contributed by atoms with van der Waals surface area (Å²) in [5.41, 5.74) is 0.278. The number of hydrogen-bond donors (Lipinski definition) is 0. The van der Waals surface area contributed by atoms with Crippen LogP contribution in [0, 0.1) is 0 Å². The molecule has 0 saturated carbocycles. The molecule has 1 amide bonds. The fourth-order valence-electron chi connectivity index (χ4n) is 3.06. The van der Waals surface area contributed by atoms with Gasteiger partial charge in [0.15, 0.2) is 0 Å². The number of hydrogen-bond acceptors (Lipinski definition) is 7. The van der Waals surface area contributed by atoms with Gasteiger partial charge in [-0.05, 0) is 0 Å². The zero-order valence-electron chi connectivity index (χ0n) is 14.2. The van der Waals surface area contributed by atoms with Crippen molar-refractivity contribution in [1.82, 2.24) is 24.1 Å². The van der Waals surface area contributed by atoms with Crippen molar-refractivity contribution >= 4 is 15.9 Å². The molecule has 9 nitrogen and oxygen atoms in total. The van der Waals surface area contributed by atoms with E-state index in [1.54, 1.807) is 4.90 Å². The zero-order valence-corrected chi connectivity index (χ0v) is 15.1. The van der Waals surface area contributed by atoms with Crippen LogP contribution in [0.2, 0.25) is 0 Å². The molecule has 2 fully saturated rings. The second-order valence-corrected chi connectivity index (χ2v) is 8.22. The van der Waals surface area contributed by atoms with Crippen LogP contribution in [0.3, 0.4) is 0 Å². The van der Waals surface area contributed by atoms with Crippen LogP contribution in [0.5, 0.6) is 0 Å². The SMILES string of the molecule is CS(=O)(=O)N(CCN1CCOCC1)C1CN(C(=O)c2cnccn2)C1. The molecule has 0 radical (unpaired) electrons. The second kappa shape index (κ2) is 7.73. The van der Waals surface area contributed by atoms with Crippen molar-refractivity contribution in [2.24, 2.45) is 0 Å². The van der Waals surface area contributed by atoms with Gasteiger partial charge in [-0.3, -0.25) is 14.7 Å². The molecule has 0 aliphatic carbocycles. The highest BCUT2D eigenvalue weighted by Gasteiger charge is 2.39. The minimum atomic E-state index is -3.33. The fraction of sp³-hybridized carbons (Fsp3) is 0.667. The van der Waals surface area contributed by atoms with E-state index in [2.05, 4.69) is 14.9 Å². The summed E-state index contributed by atoms with van der Waals surface area (Å²) in [6.45, 7) is 4.86. The van der Waals surface area contributed by atoms with Crippen molar-refractivity contribution in [2.75, 3.05) is 58.7 Å². The molecule has 2 aliphatic rings. The summed E-state index contributed by atoms with van der Waals surface area (Å²) < 4.78 is 31.1. The molecule has 1 aromatic heterocycles. The Bertz CT molecular complexity index is 687. The minimum Gasteiger partial charge on any atom is -0.379 e. The highest BCUT2D eigenvalue weighted by molar-refractivity contribution is 7.88. The van der Waals surface area contributed by atoms with E-state index in [0.29, 0.717) is 39.4 Å². The normalized spacial score (nSPS) is 19.8. The van der Waals surface area contributed by atoms with Gasteiger partial charge in [-0.2, -0.15) is 4.31 Å². The summed E-state index contributed by atoms with van der Waals surface area (Å²) in [5, 5.41) is 0. The standard InChI is InChI=1S/C15H23N5O4S/c1-25(22,23)20(5-4-18-6-8-24-9-7-18)13-11-19(12-13)15(21)14-10-16-2-3-17-14/h2-3,10,13H,4-9,11-12H2,1H3. The van der Waals surface area contributed by atoms with Crippen LogP contribution >= 0.6 is 0 Å². The molecule has 3 heterocycles. The van der Waals surface area contributed by atoms with Gasteiger partial charge >= 0.3 is 0 Å². The van der Waals surface area contributed by atoms with Crippen LogP contribution in [0.1, 0.15) is 10.5 Å². The van der Waals surface area contributed by atoms with Crippen LogP contribution in [-0.4, -0.2) is 103 Å². The molecule has 1 aromatic rings. The Kier molecular flexibility index (Phi) is 5.62. The maximum absolute atomic E-state index is 12.3. The first-order valence-electron chi connectivity index (χ1n) is 8.27. The van der Waals surface area contributed by atoms with Gasteiger partial charge in [0.05, 0.1) is 31.7 Å². The van der Waals surface area contributed by atoms with E-state index in [1.807, 2.05) is 0 Å². The van der Waals surface area contributed by atoms with Gasteiger partial charge in [-0.25, -0.2) is 13.4 Å². The number of ether oxygens (including phenoxy) is 1. The first kappa shape index (κ1) is 18.2. The predicted molar refractivity (Wildman–Crippen MR) is 90.5 cm³/mol. The summed E-state index contributed by atoms with van der Waals surface area (Å²) >= 11 is 0. The van der Waals surface area contributed by atoms with Crippen molar-refractivity contribution in [1.29, 1.82) is 0 Å². The number of aromatic nitrogens is 2. The van der Waals surface area contributed by atoms with Crippen LogP contribution in [-0.2, 0) is 14.8 Å². The molecular formula is C15H23N5O4S. The molecule has 10 heteroatoms. The van der Waals surface area contributed by atoms with Crippen molar-refractivity contribution in [3.63, 3.8) is 0 Å². The Morgan fingerprint density at radius 1 is 1.32 bits per heavy atom. The third kappa shape index (κ3) is 4.51. The number of amides is 1. The zero-order chi connectivity index (χ0) is 17.9. The Balaban J connectivity index is 1.55. The van der Waals surface area contributed by atoms with Crippen molar-refractivity contribution in [3.8, 4) is 0 Å². The molecule has 0 spiro atoms. The smallest absolute Gasteiger partial charge is 0.274 e. The fourth-order valence-corrected chi connectivity index (χ4v) is 4.15. The monoisotopic (exact) mass is 369 g/mol. The maximum atomic E-state index is 12.3. The van der Waals surface area contributed by atoms with Gasteiger partial charge in [0.1, 0.15) is 5.69 Å². The average Bonchev–Trinajstić information content (AvgIpc) is 2.57. The molecule has 138 valence electrons. The third-order valence-corrected chi connectivity index (χ3v) is 5.84. The molecule has 0 N–H and O–H groups in total. The van der Waals surface area contributed by atoms with Crippen molar-refractivity contribution < 1.29 is 17.9 Å². The lowest BCUT2D eigenvalue weighted by molar-refractivity contribution is 0.0268. The van der Waals surface area contributed by atoms with E-state index in [1.165, 1.54) is 29.2 Å². The first-order chi connectivity index (χ1) is 11.9. The quantitative estimate of drug-likeness (QED) is 0.628. The number of nitrogens with zero attached hydrogens (tertiary/aromatic N) is 5. The van der Waals surface area contributed by atoms with Crippen molar-refractivity contribution in [3.05, 3.63) is 24.3 Å². The Labute approximate surface area is 147 Å². The van der Waals surface area contributed by atoms with Gasteiger partial charge in [0.2, 0.25) is 10.0 Å². The molecule has 0 unspecified atom stereocenters. The van der Waals surface area contributed by atoms with E-state index in [4.69, 9.17) is 4.74 Å². The van der Waals surface area contributed by atoms with Crippen LogP contribution < -0.4 is 0 Å². The van der Waals surface area contributed by atoms with E-state index in [0.717, 1.165) is 13.1 Å². The number of sulfonamides is 1. The molecule has 25 heavy (non-hydrogen) atoms. The van der Waals surface area contributed by atoms with E-state index in [9.17, 15) is 13.2 Å². The number of carbonyl (C=O) groups excluding carboxylic acids is 1. The maximum Gasteiger partial charge on any atom is 0.274 e. The molecule has 0 atom stereocenters. The van der Waals surface area contributed by atoms with Crippen LogP contribution in [0.4, 0.5) is 0 Å². The molecule has 0 aromatic carbocycles. The van der Waals surface area contributed by atoms with E-state index in [-0.39, 0.29) is 17.6 Å². The highest BCUT2D eigenvalue weighted by atomic mass is 32.2. The Hall–Kier alpha value is -1.62. The number of likely N-dealkylation sites (tertiary alicyclic amines) is 1. The summed E-state index contributed by atoms with van der Waals surface area (Å²) in [4.78, 5) is 24.0. The average molecular weight is 369 g/mol. The number of morpholine rings is 1. The summed E-state index contributed by atoms with van der Waals surface area (Å²) in [7, 11) is -3.33. The van der Waals surface area contributed by atoms with Crippen LogP contribution in [0.25, 0.3) is 0 Å². The highest BCUT2D eigenvalue weighted by Crippen LogP contribution is 2.19. The summed E-state index contributed by atoms with van der Waals surface area (Å²) in [6, 6.07) is -0.184. The lowest BCUT2D eigenvalue weighted by atomic mass is 10.1. The van der Waals surface area contributed by atoms with Gasteiger partial charge in [-0.1, -0.05) is 0 Å². The van der Waals surface area contributed by atoms with Gasteiger partial charge in [0.25, 0.3) is 5.91 Å². The molecule has 2 aliphatic heterocycles. The minimum absolute atomic E-state index is 0.184. The third-order valence-electron chi connectivity index (χ3n) is 4.51. The molecule has 2 saturated heterocycles. The lowest BCUT2D eigenvalue weighted by Crippen LogP contribution is -2.63. The Morgan fingerprint density at radius 3 is 2.64 bits per heavy atom. The van der Waals surface area contributed by atoms with E-state index < -0.39 is 10.0 Å². The lowest BCUT2D eigenvalue weighted by Gasteiger charge is -2.44. The van der Waals surface area contributed by atoms with Gasteiger partial charge < -0.3 is 9.64 Å². The van der Waals surface area contributed by atoms with Gasteiger partial charge in [0, 0.05) is 51.7 Å². The largest absolute Gasteiger partial charge is 0.379 e. The van der Waals surface area contributed by atoms with Gasteiger partial charge in [-0.15, -0.1) is 0 Å². The second-order valence-electron chi connectivity index (χ2n) is 6.28. The summed E-state index contributed by atoms with van der Waals surface area (Å²) in [6.07, 6.45) is 5.62. The Morgan fingerprint density at radius 2 is 2.04 bits per heavy atom. The molecular weight excluding hydrogens is 346 g/mol. The number of carbonyl (C=O) groups is 1. The topological polar surface area (TPSA) is 95.9 Å². The molecule has 0 bridgehead atoms. The molecule has 3 rings (SSSR count). The van der Waals surface area contributed by atoms with Crippen molar-refractivity contribution in [2.45, 2.75) is 6.04 Å². The summed E-state index contributed by atoms with van der Waals surface area (Å²) in [5.74, 6) is -0.217. The first-order valence-corrected chi connectivity index (χ1v) is 10.1. The van der Waals surface area contributed by atoms with E-state index >= 15 is 0 Å².